The molecule has 0 atom stereocenters. The molecule has 1 N–H and O–H groups in total. The van der Waals surface area contributed by atoms with Crippen LogP contribution in [0.5, 0.6) is 0 Å². The van der Waals surface area contributed by atoms with Crippen molar-refractivity contribution in [1.82, 2.24) is 9.78 Å². The van der Waals surface area contributed by atoms with Crippen molar-refractivity contribution in [2.75, 3.05) is 12.4 Å². The highest BCUT2D eigenvalue weighted by atomic mass is 19.4. The third-order valence-electron chi connectivity index (χ3n) is 3.62. The van der Waals surface area contributed by atoms with E-state index in [-0.39, 0.29) is 17.9 Å². The zero-order valence-corrected chi connectivity index (χ0v) is 13.8. The van der Waals surface area contributed by atoms with E-state index in [9.17, 15) is 22.8 Å². The van der Waals surface area contributed by atoms with Crippen LogP contribution in [0.4, 0.5) is 18.9 Å². The van der Waals surface area contributed by atoms with Gasteiger partial charge in [-0.25, -0.2) is 4.79 Å². The van der Waals surface area contributed by atoms with Gasteiger partial charge in [0.25, 0.3) is 0 Å². The van der Waals surface area contributed by atoms with Gasteiger partial charge < -0.3 is 10.1 Å². The number of nitrogens with zero attached hydrogens (tertiary/aromatic N) is 2. The number of methoxy groups -OCH3 is 1. The number of halogens is 3. The predicted octanol–water partition coefficient (Wildman–Crippen LogP) is 2.84. The lowest BCUT2D eigenvalue weighted by Crippen LogP contribution is -2.30. The Morgan fingerprint density at radius 3 is 2.48 bits per heavy atom. The number of benzene rings is 1. The Morgan fingerprint density at radius 1 is 1.24 bits per heavy atom. The first-order valence-electron chi connectivity index (χ1n) is 7.23. The summed E-state index contributed by atoms with van der Waals surface area (Å²) in [6, 6.07) is 6.67. The summed E-state index contributed by atoms with van der Waals surface area (Å²) in [6.07, 6.45) is -4.99. The van der Waals surface area contributed by atoms with Gasteiger partial charge in [0.05, 0.1) is 36.3 Å². The van der Waals surface area contributed by atoms with Crippen molar-refractivity contribution in [1.29, 1.82) is 0 Å². The minimum absolute atomic E-state index is 0.00197. The first kappa shape index (κ1) is 18.5. The number of hydrogen-bond acceptors (Lipinski definition) is 4. The van der Waals surface area contributed by atoms with Crippen molar-refractivity contribution in [3.05, 3.63) is 46.8 Å². The monoisotopic (exact) mass is 355 g/mol. The number of rotatable bonds is 4. The molecule has 0 spiro atoms. The minimum atomic E-state index is -4.99. The zero-order chi connectivity index (χ0) is 18.8. The van der Waals surface area contributed by atoms with Gasteiger partial charge in [0.2, 0.25) is 0 Å². The van der Waals surface area contributed by atoms with E-state index >= 15 is 0 Å². The molecule has 1 amide bonds. The summed E-state index contributed by atoms with van der Waals surface area (Å²) in [7, 11) is 1.26. The Kier molecular flexibility index (Phi) is 5.15. The molecule has 0 saturated carbocycles. The number of esters is 1. The maximum Gasteiger partial charge on any atom is 0.471 e. The van der Waals surface area contributed by atoms with E-state index in [0.717, 1.165) is 0 Å². The molecule has 9 heteroatoms. The number of carbonyl (C=O) groups excluding carboxylic acids is 2. The molecule has 0 bridgehead atoms. The highest BCUT2D eigenvalue weighted by Gasteiger charge is 2.39. The summed E-state index contributed by atoms with van der Waals surface area (Å²) in [5, 5.41) is 5.98. The number of aryl methyl sites for hydroxylation is 1. The van der Waals surface area contributed by atoms with Crippen molar-refractivity contribution in [3.63, 3.8) is 0 Å². The maximum absolute atomic E-state index is 12.4. The number of ether oxygens (including phenoxy) is 1. The molecule has 0 saturated heterocycles. The van der Waals surface area contributed by atoms with Gasteiger partial charge in [0, 0.05) is 0 Å². The van der Waals surface area contributed by atoms with E-state index in [4.69, 9.17) is 4.74 Å². The molecule has 0 radical (unpaired) electrons. The molecular formula is C16H16F3N3O3. The summed E-state index contributed by atoms with van der Waals surface area (Å²) in [4.78, 5) is 23.0. The maximum atomic E-state index is 12.4. The summed E-state index contributed by atoms with van der Waals surface area (Å²) < 4.78 is 43.5. The van der Waals surface area contributed by atoms with Gasteiger partial charge in [-0.3, -0.25) is 9.48 Å². The topological polar surface area (TPSA) is 73.2 Å². The van der Waals surface area contributed by atoms with Gasteiger partial charge in [-0.1, -0.05) is 18.2 Å². The molecule has 0 aliphatic rings. The third kappa shape index (κ3) is 3.98. The molecule has 0 aliphatic heterocycles. The average Bonchev–Trinajstić information content (AvgIpc) is 2.81. The van der Waals surface area contributed by atoms with E-state index in [1.807, 2.05) is 5.32 Å². The van der Waals surface area contributed by atoms with Crippen LogP contribution in [0.1, 0.15) is 27.3 Å². The Hall–Kier alpha value is -2.84. The van der Waals surface area contributed by atoms with Crippen LogP contribution < -0.4 is 5.32 Å². The van der Waals surface area contributed by atoms with Crippen LogP contribution in [0.15, 0.2) is 24.3 Å². The highest BCUT2D eigenvalue weighted by molar-refractivity contribution is 5.96. The van der Waals surface area contributed by atoms with E-state index < -0.39 is 18.1 Å². The van der Waals surface area contributed by atoms with Crippen LogP contribution in [0, 0.1) is 13.8 Å². The van der Waals surface area contributed by atoms with Crippen LogP contribution in [0.3, 0.4) is 0 Å². The van der Waals surface area contributed by atoms with Crippen molar-refractivity contribution >= 4 is 17.6 Å². The van der Waals surface area contributed by atoms with Gasteiger partial charge in [-0.05, 0) is 25.5 Å². The van der Waals surface area contributed by atoms with Gasteiger partial charge in [-0.2, -0.15) is 18.3 Å². The Balaban J connectivity index is 2.33. The second-order valence-corrected chi connectivity index (χ2v) is 5.30. The number of nitrogens with one attached hydrogen (secondary N) is 1. The normalized spacial score (nSPS) is 11.3. The number of hydrogen-bond donors (Lipinski definition) is 1. The van der Waals surface area contributed by atoms with Crippen LogP contribution >= 0.6 is 0 Å². The molecular weight excluding hydrogens is 339 g/mol. The van der Waals surface area contributed by atoms with E-state index in [0.29, 0.717) is 16.8 Å². The molecule has 2 rings (SSSR count). The predicted molar refractivity (Wildman–Crippen MR) is 83.3 cm³/mol. The Labute approximate surface area is 141 Å². The fourth-order valence-electron chi connectivity index (χ4n) is 2.34. The van der Waals surface area contributed by atoms with Crippen LogP contribution in [-0.4, -0.2) is 34.9 Å². The van der Waals surface area contributed by atoms with Crippen molar-refractivity contribution in [2.45, 2.75) is 26.6 Å². The lowest BCUT2D eigenvalue weighted by Gasteiger charge is -2.10. The van der Waals surface area contributed by atoms with Gasteiger partial charge >= 0.3 is 18.1 Å². The molecule has 25 heavy (non-hydrogen) atoms. The van der Waals surface area contributed by atoms with E-state index in [2.05, 4.69) is 5.10 Å². The second-order valence-electron chi connectivity index (χ2n) is 5.30. The molecule has 1 aromatic heterocycles. The quantitative estimate of drug-likeness (QED) is 0.856. The Morgan fingerprint density at radius 2 is 1.88 bits per heavy atom. The van der Waals surface area contributed by atoms with Crippen molar-refractivity contribution in [3.8, 4) is 0 Å². The van der Waals surface area contributed by atoms with E-state index in [1.54, 1.807) is 24.3 Å². The molecule has 6 nitrogen and oxygen atoms in total. The zero-order valence-electron chi connectivity index (χ0n) is 13.8. The van der Waals surface area contributed by atoms with Gasteiger partial charge in [0.1, 0.15) is 0 Å². The number of anilines is 1. The molecule has 0 fully saturated rings. The molecule has 1 heterocycles. The number of aromatic nitrogens is 2. The highest BCUT2D eigenvalue weighted by Crippen LogP contribution is 2.24. The summed E-state index contributed by atoms with van der Waals surface area (Å²) in [6.45, 7) is 3.16. The number of carbonyl (C=O) groups is 2. The smallest absolute Gasteiger partial charge is 0.465 e. The molecule has 134 valence electrons. The van der Waals surface area contributed by atoms with E-state index in [1.165, 1.54) is 25.6 Å². The summed E-state index contributed by atoms with van der Waals surface area (Å²) in [5.74, 6) is -2.59. The van der Waals surface area contributed by atoms with Crippen molar-refractivity contribution in [2.24, 2.45) is 0 Å². The van der Waals surface area contributed by atoms with Crippen molar-refractivity contribution < 1.29 is 27.5 Å². The fourth-order valence-corrected chi connectivity index (χ4v) is 2.34. The average molecular weight is 355 g/mol. The lowest BCUT2D eigenvalue weighted by atomic mass is 10.1. The van der Waals surface area contributed by atoms with Crippen LogP contribution in [0.25, 0.3) is 0 Å². The second kappa shape index (κ2) is 6.96. The Bertz CT molecular complexity index is 813. The lowest BCUT2D eigenvalue weighted by molar-refractivity contribution is -0.167. The molecule has 0 unspecified atom stereocenters. The fraction of sp³-hybridized carbons (Fsp3) is 0.312. The summed E-state index contributed by atoms with van der Waals surface area (Å²) in [5.41, 5.74) is 1.50. The third-order valence-corrected chi connectivity index (χ3v) is 3.62. The largest absolute Gasteiger partial charge is 0.471 e. The molecule has 1 aromatic carbocycles. The first-order valence-corrected chi connectivity index (χ1v) is 7.23. The van der Waals surface area contributed by atoms with Gasteiger partial charge in [0.15, 0.2) is 0 Å². The van der Waals surface area contributed by atoms with Crippen LogP contribution in [-0.2, 0) is 16.1 Å². The standard InChI is InChI=1S/C16H16F3N3O3/c1-9-13(20-15(24)16(17,18)19)10(2)22(21-9)8-11-6-4-5-7-12(11)14(23)25-3/h4-7H,8H2,1-3H3,(H,20,24). The SMILES string of the molecule is COC(=O)c1ccccc1Cn1nc(C)c(NC(=O)C(F)(F)F)c1C. The van der Waals surface area contributed by atoms with Crippen LogP contribution in [0.2, 0.25) is 0 Å². The number of alkyl halides is 3. The summed E-state index contributed by atoms with van der Waals surface area (Å²) >= 11 is 0. The minimum Gasteiger partial charge on any atom is -0.465 e. The first-order chi connectivity index (χ1) is 11.6. The molecule has 2 aromatic rings. The van der Waals surface area contributed by atoms with Gasteiger partial charge in [-0.15, -0.1) is 0 Å². The number of amides is 1. The molecule has 0 aliphatic carbocycles.